The molecule has 0 saturated heterocycles. The van der Waals surface area contributed by atoms with Gasteiger partial charge >= 0.3 is 0 Å². The summed E-state index contributed by atoms with van der Waals surface area (Å²) in [6.45, 7) is 0. The normalized spacial score (nSPS) is 10.7. The molecular formula is C17H14FN3O2. The predicted molar refractivity (Wildman–Crippen MR) is 85.6 cm³/mol. The Bertz CT molecular complexity index is 902. The van der Waals surface area contributed by atoms with Crippen molar-refractivity contribution >= 4 is 28.4 Å². The maximum absolute atomic E-state index is 13.4. The Hall–Kier alpha value is -3.15. The quantitative estimate of drug-likeness (QED) is 0.691. The van der Waals surface area contributed by atoms with Crippen LogP contribution in [-0.2, 0) is 11.2 Å². The molecule has 6 heteroatoms. The third-order valence-electron chi connectivity index (χ3n) is 3.54. The Morgan fingerprint density at radius 2 is 1.96 bits per heavy atom. The molecule has 0 unspecified atom stereocenters. The first kappa shape index (κ1) is 14.8. The van der Waals surface area contributed by atoms with Gasteiger partial charge in [0.2, 0.25) is 5.91 Å². The van der Waals surface area contributed by atoms with Gasteiger partial charge in [0, 0.05) is 22.8 Å². The SMILES string of the molecule is NC(=O)c1cc(NC(=O)Cc2c[nH]c3ccccc23)ccc1F. The number of amides is 2. The molecule has 0 saturated carbocycles. The number of aromatic nitrogens is 1. The lowest BCUT2D eigenvalue weighted by Crippen LogP contribution is -2.17. The molecule has 3 aromatic rings. The van der Waals surface area contributed by atoms with E-state index in [0.717, 1.165) is 22.5 Å². The lowest BCUT2D eigenvalue weighted by Gasteiger charge is -2.07. The molecule has 0 aliphatic carbocycles. The van der Waals surface area contributed by atoms with Crippen molar-refractivity contribution in [3.8, 4) is 0 Å². The highest BCUT2D eigenvalue weighted by Crippen LogP contribution is 2.19. The van der Waals surface area contributed by atoms with E-state index in [0.29, 0.717) is 5.69 Å². The summed E-state index contributed by atoms with van der Waals surface area (Å²) in [7, 11) is 0. The van der Waals surface area contributed by atoms with Crippen LogP contribution in [0.25, 0.3) is 10.9 Å². The van der Waals surface area contributed by atoms with Gasteiger partial charge in [-0.3, -0.25) is 9.59 Å². The molecule has 0 fully saturated rings. The standard InChI is InChI=1S/C17H14FN3O2/c18-14-6-5-11(8-13(14)17(19)23)21-16(22)7-10-9-20-15-4-2-1-3-12(10)15/h1-6,8-9,20H,7H2,(H2,19,23)(H,21,22). The van der Waals surface area contributed by atoms with Crippen molar-refractivity contribution in [1.29, 1.82) is 0 Å². The molecule has 0 bridgehead atoms. The van der Waals surface area contributed by atoms with Gasteiger partial charge in [0.15, 0.2) is 0 Å². The molecule has 4 N–H and O–H groups in total. The van der Waals surface area contributed by atoms with E-state index in [-0.39, 0.29) is 17.9 Å². The largest absolute Gasteiger partial charge is 0.366 e. The van der Waals surface area contributed by atoms with Crippen LogP contribution in [0.4, 0.5) is 10.1 Å². The second-order valence-corrected chi connectivity index (χ2v) is 5.14. The van der Waals surface area contributed by atoms with Crippen LogP contribution in [-0.4, -0.2) is 16.8 Å². The molecule has 1 heterocycles. The third kappa shape index (κ3) is 3.06. The average Bonchev–Trinajstić information content (AvgIpc) is 2.92. The van der Waals surface area contributed by atoms with Gasteiger partial charge in [0.1, 0.15) is 5.82 Å². The van der Waals surface area contributed by atoms with Gasteiger partial charge in [-0.15, -0.1) is 0 Å². The zero-order valence-electron chi connectivity index (χ0n) is 12.1. The van der Waals surface area contributed by atoms with E-state index in [2.05, 4.69) is 10.3 Å². The van der Waals surface area contributed by atoms with Gasteiger partial charge in [-0.05, 0) is 29.8 Å². The first-order valence-electron chi connectivity index (χ1n) is 6.99. The van der Waals surface area contributed by atoms with E-state index < -0.39 is 11.7 Å². The molecule has 0 atom stereocenters. The number of halogens is 1. The average molecular weight is 311 g/mol. The number of hydrogen-bond acceptors (Lipinski definition) is 2. The number of aromatic amines is 1. The van der Waals surface area contributed by atoms with Crippen LogP contribution in [0.1, 0.15) is 15.9 Å². The number of H-pyrrole nitrogens is 1. The molecule has 0 radical (unpaired) electrons. The topological polar surface area (TPSA) is 88.0 Å². The minimum absolute atomic E-state index is 0.160. The minimum atomic E-state index is -0.879. The number of primary amides is 1. The maximum atomic E-state index is 13.4. The van der Waals surface area contributed by atoms with E-state index >= 15 is 0 Å². The number of carbonyl (C=O) groups is 2. The zero-order valence-corrected chi connectivity index (χ0v) is 12.1. The van der Waals surface area contributed by atoms with Crippen molar-refractivity contribution in [1.82, 2.24) is 4.98 Å². The fraction of sp³-hybridized carbons (Fsp3) is 0.0588. The summed E-state index contributed by atoms with van der Waals surface area (Å²) < 4.78 is 13.4. The van der Waals surface area contributed by atoms with Gasteiger partial charge in [-0.25, -0.2) is 4.39 Å². The number of anilines is 1. The van der Waals surface area contributed by atoms with Crippen LogP contribution < -0.4 is 11.1 Å². The molecule has 0 aliphatic heterocycles. The van der Waals surface area contributed by atoms with E-state index in [1.807, 2.05) is 24.3 Å². The second kappa shape index (κ2) is 5.92. The van der Waals surface area contributed by atoms with E-state index in [1.54, 1.807) is 6.20 Å². The van der Waals surface area contributed by atoms with Crippen LogP contribution in [0.3, 0.4) is 0 Å². The maximum Gasteiger partial charge on any atom is 0.251 e. The Morgan fingerprint density at radius 1 is 1.17 bits per heavy atom. The Morgan fingerprint density at radius 3 is 2.74 bits per heavy atom. The summed E-state index contributed by atoms with van der Waals surface area (Å²) in [4.78, 5) is 26.4. The molecule has 3 rings (SSSR count). The predicted octanol–water partition coefficient (Wildman–Crippen LogP) is 2.59. The summed E-state index contributed by atoms with van der Waals surface area (Å²) in [5, 5.41) is 3.61. The number of fused-ring (bicyclic) bond motifs is 1. The highest BCUT2D eigenvalue weighted by atomic mass is 19.1. The molecule has 2 aromatic carbocycles. The van der Waals surface area contributed by atoms with Crippen LogP contribution >= 0.6 is 0 Å². The summed E-state index contributed by atoms with van der Waals surface area (Å²) in [5.41, 5.74) is 6.97. The van der Waals surface area contributed by atoms with Crippen molar-refractivity contribution in [3.05, 3.63) is 65.6 Å². The molecule has 5 nitrogen and oxygen atoms in total. The summed E-state index contributed by atoms with van der Waals surface area (Å²) in [6.07, 6.45) is 1.94. The fourth-order valence-corrected chi connectivity index (χ4v) is 2.45. The van der Waals surface area contributed by atoms with E-state index in [4.69, 9.17) is 5.73 Å². The summed E-state index contributed by atoms with van der Waals surface area (Å²) >= 11 is 0. The van der Waals surface area contributed by atoms with Crippen molar-refractivity contribution in [2.45, 2.75) is 6.42 Å². The van der Waals surface area contributed by atoms with E-state index in [9.17, 15) is 14.0 Å². The fourth-order valence-electron chi connectivity index (χ4n) is 2.45. The van der Waals surface area contributed by atoms with Gasteiger partial charge in [0.25, 0.3) is 5.91 Å². The minimum Gasteiger partial charge on any atom is -0.366 e. The monoisotopic (exact) mass is 311 g/mol. The van der Waals surface area contributed by atoms with Crippen LogP contribution in [0.2, 0.25) is 0 Å². The van der Waals surface area contributed by atoms with Gasteiger partial charge in [0.05, 0.1) is 12.0 Å². The second-order valence-electron chi connectivity index (χ2n) is 5.14. The molecule has 1 aromatic heterocycles. The summed E-state index contributed by atoms with van der Waals surface area (Å²) in [5.74, 6) is -1.86. The lowest BCUT2D eigenvalue weighted by atomic mass is 10.1. The number of benzene rings is 2. The number of nitrogens with two attached hydrogens (primary N) is 1. The highest BCUT2D eigenvalue weighted by molar-refractivity contribution is 5.98. The molecule has 23 heavy (non-hydrogen) atoms. The van der Waals surface area contributed by atoms with E-state index in [1.165, 1.54) is 12.1 Å². The highest BCUT2D eigenvalue weighted by Gasteiger charge is 2.12. The number of para-hydroxylation sites is 1. The van der Waals surface area contributed by atoms with Crippen LogP contribution in [0.5, 0.6) is 0 Å². The Kier molecular flexibility index (Phi) is 3.80. The number of hydrogen-bond donors (Lipinski definition) is 3. The molecule has 2 amide bonds. The van der Waals surface area contributed by atoms with Crippen molar-refractivity contribution < 1.29 is 14.0 Å². The van der Waals surface area contributed by atoms with Gasteiger partial charge in [-0.2, -0.15) is 0 Å². The smallest absolute Gasteiger partial charge is 0.251 e. The number of carbonyl (C=O) groups excluding carboxylic acids is 2. The molecule has 0 spiro atoms. The third-order valence-corrected chi connectivity index (χ3v) is 3.54. The van der Waals surface area contributed by atoms with Crippen LogP contribution in [0, 0.1) is 5.82 Å². The first-order chi connectivity index (χ1) is 11.0. The molecule has 0 aliphatic rings. The lowest BCUT2D eigenvalue weighted by molar-refractivity contribution is -0.115. The van der Waals surface area contributed by atoms with Gasteiger partial charge < -0.3 is 16.0 Å². The number of rotatable bonds is 4. The van der Waals surface area contributed by atoms with Crippen molar-refractivity contribution in [2.24, 2.45) is 5.73 Å². The van der Waals surface area contributed by atoms with Gasteiger partial charge in [-0.1, -0.05) is 18.2 Å². The number of nitrogens with one attached hydrogen (secondary N) is 2. The Labute approximate surface area is 131 Å². The molecular weight excluding hydrogens is 297 g/mol. The zero-order chi connectivity index (χ0) is 16.4. The molecule has 116 valence electrons. The van der Waals surface area contributed by atoms with Crippen molar-refractivity contribution in [2.75, 3.05) is 5.32 Å². The summed E-state index contributed by atoms with van der Waals surface area (Å²) in [6, 6.07) is 11.4. The van der Waals surface area contributed by atoms with Crippen molar-refractivity contribution in [3.63, 3.8) is 0 Å². The first-order valence-corrected chi connectivity index (χ1v) is 6.99. The Balaban J connectivity index is 1.77. The van der Waals surface area contributed by atoms with Crippen LogP contribution in [0.15, 0.2) is 48.7 Å².